The largest absolute Gasteiger partial charge is 0.409 e. The van der Waals surface area contributed by atoms with Gasteiger partial charge in [0.1, 0.15) is 0 Å². The number of halogens is 6. The minimum Gasteiger partial charge on any atom is -0.393 e. The first-order valence-corrected chi connectivity index (χ1v) is 5.11. The molecule has 1 aliphatic rings. The van der Waals surface area contributed by atoms with Gasteiger partial charge in [-0.1, -0.05) is 0 Å². The molecule has 1 saturated carbocycles. The quantitative estimate of drug-likeness (QED) is 0.771. The Kier molecular flexibility index (Phi) is 4.14. The molecule has 1 rings (SSSR count). The first-order chi connectivity index (χ1) is 8.01. The second-order valence-electron chi connectivity index (χ2n) is 4.25. The molecule has 0 atom stereocenters. The van der Waals surface area contributed by atoms with Crippen LogP contribution in [0.1, 0.15) is 12.8 Å². The summed E-state index contributed by atoms with van der Waals surface area (Å²) in [5.74, 6) is -6.38. The Morgan fingerprint density at radius 3 is 1.94 bits per heavy atom. The van der Waals surface area contributed by atoms with Gasteiger partial charge in [0.05, 0.1) is 6.10 Å². The van der Waals surface area contributed by atoms with E-state index in [1.54, 1.807) is 5.32 Å². The van der Waals surface area contributed by atoms with Crippen LogP contribution in [0.3, 0.4) is 0 Å². The van der Waals surface area contributed by atoms with E-state index in [1.165, 1.54) is 0 Å². The van der Waals surface area contributed by atoms with Crippen molar-refractivity contribution in [3.05, 3.63) is 0 Å². The lowest BCUT2D eigenvalue weighted by Crippen LogP contribution is -2.49. The standard InChI is InChI=1S/C9H11F6NO2/c10-8(11,12)6(9(13,14)15)7(18)16-3-4-1-5(17)2-4/h4-6,17H,1-3H2,(H,16,18). The third kappa shape index (κ3) is 3.76. The Morgan fingerprint density at radius 2 is 1.61 bits per heavy atom. The molecule has 9 heteroatoms. The van der Waals surface area contributed by atoms with E-state index in [-0.39, 0.29) is 25.3 Å². The van der Waals surface area contributed by atoms with Crippen molar-refractivity contribution in [2.24, 2.45) is 11.8 Å². The maximum Gasteiger partial charge on any atom is 0.409 e. The molecule has 0 aromatic carbocycles. The van der Waals surface area contributed by atoms with Crippen LogP contribution in [0.4, 0.5) is 26.3 Å². The van der Waals surface area contributed by atoms with E-state index in [0.29, 0.717) is 0 Å². The topological polar surface area (TPSA) is 49.3 Å². The third-order valence-corrected chi connectivity index (χ3v) is 2.69. The molecule has 3 nitrogen and oxygen atoms in total. The molecule has 0 aromatic rings. The summed E-state index contributed by atoms with van der Waals surface area (Å²) in [6.07, 6.45) is -11.4. The van der Waals surface area contributed by atoms with Gasteiger partial charge in [-0.05, 0) is 18.8 Å². The summed E-state index contributed by atoms with van der Waals surface area (Å²) in [6, 6.07) is 0. The number of carbonyl (C=O) groups excluding carboxylic acids is 1. The van der Waals surface area contributed by atoms with Crippen molar-refractivity contribution < 1.29 is 36.2 Å². The molecule has 106 valence electrons. The predicted molar refractivity (Wildman–Crippen MR) is 47.3 cm³/mol. The van der Waals surface area contributed by atoms with E-state index in [9.17, 15) is 31.1 Å². The Labute approximate surface area is 98.2 Å². The van der Waals surface area contributed by atoms with Gasteiger partial charge in [-0.25, -0.2) is 0 Å². The van der Waals surface area contributed by atoms with Gasteiger partial charge in [-0.3, -0.25) is 4.79 Å². The Morgan fingerprint density at radius 1 is 1.17 bits per heavy atom. The van der Waals surface area contributed by atoms with Crippen LogP contribution in [0.15, 0.2) is 0 Å². The minimum absolute atomic E-state index is 0.267. The summed E-state index contributed by atoms with van der Waals surface area (Å²) in [5.41, 5.74) is 0. The Balaban J connectivity index is 2.55. The van der Waals surface area contributed by atoms with Crippen molar-refractivity contribution >= 4 is 5.91 Å². The van der Waals surface area contributed by atoms with E-state index in [4.69, 9.17) is 5.11 Å². The molecule has 0 bridgehead atoms. The second-order valence-corrected chi connectivity index (χ2v) is 4.25. The molecule has 1 amide bonds. The molecule has 0 heterocycles. The molecular formula is C9H11F6NO2. The molecule has 0 unspecified atom stereocenters. The summed E-state index contributed by atoms with van der Waals surface area (Å²) < 4.78 is 72.8. The number of alkyl halides is 6. The van der Waals surface area contributed by atoms with Crippen LogP contribution < -0.4 is 5.32 Å². The van der Waals surface area contributed by atoms with Crippen LogP contribution in [-0.2, 0) is 4.79 Å². The monoisotopic (exact) mass is 279 g/mol. The summed E-state index contributed by atoms with van der Waals surface area (Å²) in [6.45, 7) is -0.293. The van der Waals surface area contributed by atoms with Crippen molar-refractivity contribution in [1.29, 1.82) is 0 Å². The van der Waals surface area contributed by atoms with E-state index in [1.807, 2.05) is 0 Å². The van der Waals surface area contributed by atoms with Gasteiger partial charge in [0.2, 0.25) is 11.8 Å². The fraction of sp³-hybridized carbons (Fsp3) is 0.889. The van der Waals surface area contributed by atoms with Crippen molar-refractivity contribution in [2.75, 3.05) is 6.54 Å². The summed E-state index contributed by atoms with van der Waals surface area (Å²) in [4.78, 5) is 10.9. The van der Waals surface area contributed by atoms with Gasteiger partial charge in [0.15, 0.2) is 0 Å². The van der Waals surface area contributed by atoms with E-state index >= 15 is 0 Å². The number of amides is 1. The highest BCUT2D eigenvalue weighted by atomic mass is 19.4. The number of rotatable bonds is 3. The van der Waals surface area contributed by atoms with Gasteiger partial charge < -0.3 is 10.4 Å². The van der Waals surface area contributed by atoms with Crippen LogP contribution in [0, 0.1) is 11.8 Å². The average molecular weight is 279 g/mol. The van der Waals surface area contributed by atoms with Gasteiger partial charge in [-0.15, -0.1) is 0 Å². The SMILES string of the molecule is O=C(NCC1CC(O)C1)C(C(F)(F)F)C(F)(F)F. The predicted octanol–water partition coefficient (Wildman–Crippen LogP) is 1.61. The number of aliphatic hydroxyl groups is 1. The highest BCUT2D eigenvalue weighted by molar-refractivity contribution is 5.80. The zero-order chi connectivity index (χ0) is 14.1. The van der Waals surface area contributed by atoms with Gasteiger partial charge in [0.25, 0.3) is 0 Å². The average Bonchev–Trinajstić information content (AvgIpc) is 2.05. The zero-order valence-corrected chi connectivity index (χ0v) is 8.98. The maximum atomic E-state index is 12.1. The van der Waals surface area contributed by atoms with Crippen molar-refractivity contribution in [2.45, 2.75) is 31.3 Å². The molecule has 1 aliphatic carbocycles. The highest BCUT2D eigenvalue weighted by Crippen LogP contribution is 2.39. The van der Waals surface area contributed by atoms with E-state index < -0.39 is 30.3 Å². The first kappa shape index (κ1) is 15.1. The third-order valence-electron chi connectivity index (χ3n) is 2.69. The fourth-order valence-electron chi connectivity index (χ4n) is 1.70. The lowest BCUT2D eigenvalue weighted by atomic mass is 9.82. The van der Waals surface area contributed by atoms with Crippen molar-refractivity contribution in [3.63, 3.8) is 0 Å². The molecule has 2 N–H and O–H groups in total. The second kappa shape index (κ2) is 4.94. The molecule has 0 radical (unpaired) electrons. The fourth-order valence-corrected chi connectivity index (χ4v) is 1.70. The number of hydrogen-bond acceptors (Lipinski definition) is 2. The number of aliphatic hydroxyl groups excluding tert-OH is 1. The summed E-state index contributed by atoms with van der Waals surface area (Å²) >= 11 is 0. The molecule has 18 heavy (non-hydrogen) atoms. The van der Waals surface area contributed by atoms with Crippen molar-refractivity contribution in [1.82, 2.24) is 5.32 Å². The summed E-state index contributed by atoms with van der Waals surface area (Å²) in [7, 11) is 0. The van der Waals surface area contributed by atoms with Crippen LogP contribution >= 0.6 is 0 Å². The lowest BCUT2D eigenvalue weighted by molar-refractivity contribution is -0.274. The van der Waals surface area contributed by atoms with E-state index in [2.05, 4.69) is 0 Å². The number of nitrogens with one attached hydrogen (secondary N) is 1. The zero-order valence-electron chi connectivity index (χ0n) is 8.98. The molecule has 0 aromatic heterocycles. The van der Waals surface area contributed by atoms with Gasteiger partial charge >= 0.3 is 12.4 Å². The van der Waals surface area contributed by atoms with E-state index in [0.717, 1.165) is 0 Å². The van der Waals surface area contributed by atoms with Crippen LogP contribution in [0.25, 0.3) is 0 Å². The smallest absolute Gasteiger partial charge is 0.393 e. The molecule has 0 saturated heterocycles. The number of carbonyl (C=O) groups is 1. The van der Waals surface area contributed by atoms with Gasteiger partial charge in [-0.2, -0.15) is 26.3 Å². The molecule has 0 spiro atoms. The maximum absolute atomic E-state index is 12.1. The molecule has 0 aliphatic heterocycles. The normalized spacial score (nSPS) is 24.9. The van der Waals surface area contributed by atoms with Crippen molar-refractivity contribution in [3.8, 4) is 0 Å². The highest BCUT2D eigenvalue weighted by Gasteiger charge is 2.61. The van der Waals surface area contributed by atoms with Crippen LogP contribution in [0.2, 0.25) is 0 Å². The van der Waals surface area contributed by atoms with Crippen LogP contribution in [-0.4, -0.2) is 36.0 Å². The Hall–Kier alpha value is -0.990. The molecular weight excluding hydrogens is 268 g/mol. The summed E-state index contributed by atoms with van der Waals surface area (Å²) in [5, 5.41) is 10.5. The first-order valence-electron chi connectivity index (χ1n) is 5.11. The van der Waals surface area contributed by atoms with Crippen LogP contribution in [0.5, 0.6) is 0 Å². The number of hydrogen-bond donors (Lipinski definition) is 2. The molecule has 1 fully saturated rings. The Bertz CT molecular complexity index is 293. The minimum atomic E-state index is -5.67. The van der Waals surface area contributed by atoms with Gasteiger partial charge in [0, 0.05) is 6.54 Å². The lowest BCUT2D eigenvalue weighted by Gasteiger charge is -2.32.